The molecule has 0 radical (unpaired) electrons. The number of anilines is 2. The molecule has 2 aromatic rings. The highest BCUT2D eigenvalue weighted by atomic mass is 35.5. The van der Waals surface area contributed by atoms with E-state index in [-0.39, 0.29) is 17.3 Å². The third-order valence-corrected chi connectivity index (χ3v) is 5.41. The summed E-state index contributed by atoms with van der Waals surface area (Å²) in [5, 5.41) is 2.97. The first kappa shape index (κ1) is 21.1. The number of methoxy groups -OCH3 is 1. The van der Waals surface area contributed by atoms with Gasteiger partial charge in [0.2, 0.25) is 15.9 Å². The van der Waals surface area contributed by atoms with E-state index < -0.39 is 15.9 Å². The van der Waals surface area contributed by atoms with Crippen LogP contribution in [-0.4, -0.2) is 34.2 Å². The van der Waals surface area contributed by atoms with Crippen LogP contribution < -0.4 is 14.4 Å². The molecular formula is C19H23ClN2O4S. The van der Waals surface area contributed by atoms with E-state index in [1.54, 1.807) is 18.2 Å². The second kappa shape index (κ2) is 8.63. The number of halogens is 1. The van der Waals surface area contributed by atoms with Crippen LogP contribution in [0, 0.1) is 0 Å². The summed E-state index contributed by atoms with van der Waals surface area (Å²) < 4.78 is 30.4. The fourth-order valence-electron chi connectivity index (χ4n) is 2.49. The van der Waals surface area contributed by atoms with Gasteiger partial charge in [0.25, 0.3) is 0 Å². The van der Waals surface area contributed by atoms with Crippen LogP contribution in [0.15, 0.2) is 42.5 Å². The van der Waals surface area contributed by atoms with Gasteiger partial charge in [-0.05, 0) is 41.8 Å². The first-order chi connectivity index (χ1) is 12.6. The predicted molar refractivity (Wildman–Crippen MR) is 109 cm³/mol. The topological polar surface area (TPSA) is 75.7 Å². The molecule has 1 N–H and O–H groups in total. The van der Waals surface area contributed by atoms with Crippen molar-refractivity contribution in [1.29, 1.82) is 0 Å². The lowest BCUT2D eigenvalue weighted by molar-refractivity contribution is -0.114. The summed E-state index contributed by atoms with van der Waals surface area (Å²) >= 11 is 6.08. The lowest BCUT2D eigenvalue weighted by Gasteiger charge is -2.22. The average molecular weight is 411 g/mol. The van der Waals surface area contributed by atoms with Crippen LogP contribution in [0.1, 0.15) is 25.3 Å². The van der Waals surface area contributed by atoms with E-state index in [4.69, 9.17) is 16.3 Å². The molecule has 0 saturated carbocycles. The van der Waals surface area contributed by atoms with Gasteiger partial charge >= 0.3 is 0 Å². The van der Waals surface area contributed by atoms with Crippen molar-refractivity contribution in [2.75, 3.05) is 29.5 Å². The van der Waals surface area contributed by atoms with Gasteiger partial charge in [-0.1, -0.05) is 37.6 Å². The van der Waals surface area contributed by atoms with Gasteiger partial charge in [0.1, 0.15) is 12.3 Å². The number of rotatable bonds is 7. The minimum absolute atomic E-state index is 0.258. The van der Waals surface area contributed by atoms with Crippen LogP contribution in [0.5, 0.6) is 5.75 Å². The number of carbonyl (C=O) groups excluding carboxylic acids is 1. The predicted octanol–water partition coefficient (Wildman–Crippen LogP) is 3.88. The number of carbonyl (C=O) groups is 1. The summed E-state index contributed by atoms with van der Waals surface area (Å²) in [5.41, 5.74) is 2.04. The molecule has 0 bridgehead atoms. The fourth-order valence-corrected chi connectivity index (χ4v) is 3.59. The van der Waals surface area contributed by atoms with E-state index in [2.05, 4.69) is 19.2 Å². The number of hydrogen-bond donors (Lipinski definition) is 1. The van der Waals surface area contributed by atoms with Gasteiger partial charge in [-0.2, -0.15) is 0 Å². The number of benzene rings is 2. The molecule has 0 heterocycles. The molecule has 0 atom stereocenters. The Balaban J connectivity index is 2.18. The van der Waals surface area contributed by atoms with Gasteiger partial charge in [-0.3, -0.25) is 9.10 Å². The SMILES string of the molecule is COc1ccc(N(CC(=O)Nc2ccc(C(C)C)cc2)S(C)(=O)=O)cc1Cl. The molecule has 2 aromatic carbocycles. The van der Waals surface area contributed by atoms with E-state index in [1.165, 1.54) is 19.2 Å². The highest BCUT2D eigenvalue weighted by Crippen LogP contribution is 2.30. The lowest BCUT2D eigenvalue weighted by atomic mass is 10.0. The van der Waals surface area contributed by atoms with Crippen molar-refractivity contribution in [1.82, 2.24) is 0 Å². The van der Waals surface area contributed by atoms with Crippen molar-refractivity contribution in [2.24, 2.45) is 0 Å². The zero-order chi connectivity index (χ0) is 20.2. The van der Waals surface area contributed by atoms with Crippen molar-refractivity contribution in [3.05, 3.63) is 53.1 Å². The van der Waals surface area contributed by atoms with Gasteiger partial charge in [-0.25, -0.2) is 8.42 Å². The van der Waals surface area contributed by atoms with Crippen molar-refractivity contribution in [2.45, 2.75) is 19.8 Å². The summed E-state index contributed by atoms with van der Waals surface area (Å²) in [6.45, 7) is 3.79. The maximum absolute atomic E-state index is 12.4. The van der Waals surface area contributed by atoms with E-state index in [9.17, 15) is 13.2 Å². The highest BCUT2D eigenvalue weighted by Gasteiger charge is 2.22. The lowest BCUT2D eigenvalue weighted by Crippen LogP contribution is -2.37. The molecule has 8 heteroatoms. The van der Waals surface area contributed by atoms with E-state index in [0.717, 1.165) is 16.1 Å². The number of nitrogens with zero attached hydrogens (tertiary/aromatic N) is 1. The molecule has 0 aliphatic heterocycles. The van der Waals surface area contributed by atoms with Crippen LogP contribution in [-0.2, 0) is 14.8 Å². The first-order valence-corrected chi connectivity index (χ1v) is 10.6. The van der Waals surface area contributed by atoms with Gasteiger partial charge < -0.3 is 10.1 Å². The first-order valence-electron chi connectivity index (χ1n) is 8.33. The minimum Gasteiger partial charge on any atom is -0.495 e. The van der Waals surface area contributed by atoms with Gasteiger partial charge in [0, 0.05) is 5.69 Å². The summed E-state index contributed by atoms with van der Waals surface area (Å²) in [4.78, 5) is 12.4. The average Bonchev–Trinajstić information content (AvgIpc) is 2.59. The quantitative estimate of drug-likeness (QED) is 0.751. The van der Waals surface area contributed by atoms with Crippen LogP contribution in [0.2, 0.25) is 5.02 Å². The fraction of sp³-hybridized carbons (Fsp3) is 0.316. The molecule has 0 aliphatic rings. The summed E-state index contributed by atoms with van der Waals surface area (Å²) in [6, 6.07) is 12.0. The van der Waals surface area contributed by atoms with E-state index in [1.807, 2.05) is 12.1 Å². The second-order valence-electron chi connectivity index (χ2n) is 6.41. The molecule has 1 amide bonds. The Hall–Kier alpha value is -2.25. The highest BCUT2D eigenvalue weighted by molar-refractivity contribution is 7.92. The van der Waals surface area contributed by atoms with Crippen molar-refractivity contribution >= 4 is 38.9 Å². The maximum atomic E-state index is 12.4. The van der Waals surface area contributed by atoms with Crippen LogP contribution >= 0.6 is 11.6 Å². The normalized spacial score (nSPS) is 11.3. The zero-order valence-corrected chi connectivity index (χ0v) is 17.3. The smallest absolute Gasteiger partial charge is 0.245 e. The summed E-state index contributed by atoms with van der Waals surface area (Å²) in [7, 11) is -2.22. The standard InChI is InChI=1S/C19H23ClN2O4S/c1-13(2)14-5-7-15(8-6-14)21-19(23)12-22(27(4,24)25)16-9-10-18(26-3)17(20)11-16/h5-11,13H,12H2,1-4H3,(H,21,23). The van der Waals surface area contributed by atoms with Gasteiger partial charge in [0.15, 0.2) is 0 Å². The summed E-state index contributed by atoms with van der Waals surface area (Å²) in [5.74, 6) is 0.350. The Morgan fingerprint density at radius 3 is 2.30 bits per heavy atom. The largest absolute Gasteiger partial charge is 0.495 e. The van der Waals surface area contributed by atoms with Gasteiger partial charge in [-0.15, -0.1) is 0 Å². The number of ether oxygens (including phenoxy) is 1. The maximum Gasteiger partial charge on any atom is 0.245 e. The van der Waals surface area contributed by atoms with Crippen molar-refractivity contribution in [3.63, 3.8) is 0 Å². The van der Waals surface area contributed by atoms with Gasteiger partial charge in [0.05, 0.1) is 24.1 Å². The van der Waals surface area contributed by atoms with E-state index >= 15 is 0 Å². The molecule has 0 unspecified atom stereocenters. The molecule has 0 fully saturated rings. The van der Waals surface area contributed by atoms with Crippen LogP contribution in [0.4, 0.5) is 11.4 Å². The molecule has 146 valence electrons. The minimum atomic E-state index is -3.69. The third-order valence-electron chi connectivity index (χ3n) is 3.97. The molecule has 0 spiro atoms. The van der Waals surface area contributed by atoms with Crippen molar-refractivity contribution < 1.29 is 17.9 Å². The third kappa shape index (κ3) is 5.61. The zero-order valence-electron chi connectivity index (χ0n) is 15.7. The van der Waals surface area contributed by atoms with Crippen LogP contribution in [0.25, 0.3) is 0 Å². The molecule has 2 rings (SSSR count). The Morgan fingerprint density at radius 2 is 1.81 bits per heavy atom. The molecule has 6 nitrogen and oxygen atoms in total. The Bertz CT molecular complexity index is 912. The Morgan fingerprint density at radius 1 is 1.19 bits per heavy atom. The number of amides is 1. The Kier molecular flexibility index (Phi) is 6.73. The Labute approximate surface area is 165 Å². The number of sulfonamides is 1. The van der Waals surface area contributed by atoms with Crippen molar-refractivity contribution in [3.8, 4) is 5.75 Å². The van der Waals surface area contributed by atoms with Crippen LogP contribution in [0.3, 0.4) is 0 Å². The summed E-state index contributed by atoms with van der Waals surface area (Å²) in [6.07, 6.45) is 1.04. The molecule has 0 aromatic heterocycles. The molecule has 0 aliphatic carbocycles. The molecule has 27 heavy (non-hydrogen) atoms. The monoisotopic (exact) mass is 410 g/mol. The second-order valence-corrected chi connectivity index (χ2v) is 8.73. The molecular weight excluding hydrogens is 388 g/mol. The van der Waals surface area contributed by atoms with E-state index in [0.29, 0.717) is 17.4 Å². The number of hydrogen-bond acceptors (Lipinski definition) is 4. The molecule has 0 saturated heterocycles. The number of nitrogens with one attached hydrogen (secondary N) is 1.